The lowest BCUT2D eigenvalue weighted by atomic mass is 10.2. The van der Waals surface area contributed by atoms with E-state index in [1.165, 1.54) is 12.3 Å². The minimum absolute atomic E-state index is 0.0400. The van der Waals surface area contributed by atoms with Gasteiger partial charge in [-0.25, -0.2) is 9.59 Å². The maximum absolute atomic E-state index is 11.8. The number of amides is 2. The fourth-order valence-corrected chi connectivity index (χ4v) is 2.06. The summed E-state index contributed by atoms with van der Waals surface area (Å²) in [5.74, 6) is -1.10. The van der Waals surface area contributed by atoms with Crippen LogP contribution in [0, 0.1) is 3.57 Å². The Morgan fingerprint density at radius 2 is 2.10 bits per heavy atom. The van der Waals surface area contributed by atoms with E-state index in [-0.39, 0.29) is 11.3 Å². The van der Waals surface area contributed by atoms with Crippen molar-refractivity contribution in [2.24, 2.45) is 7.05 Å². The number of urea groups is 1. The van der Waals surface area contributed by atoms with Crippen molar-refractivity contribution in [2.75, 3.05) is 10.6 Å². The molecule has 1 aromatic heterocycles. The highest BCUT2D eigenvalue weighted by Gasteiger charge is 2.13. The molecule has 0 aliphatic heterocycles. The van der Waals surface area contributed by atoms with E-state index in [0.717, 1.165) is 3.57 Å². The number of benzene rings is 1. The third kappa shape index (κ3) is 3.47. The van der Waals surface area contributed by atoms with Crippen molar-refractivity contribution in [3.8, 4) is 0 Å². The van der Waals surface area contributed by atoms with Gasteiger partial charge in [0.1, 0.15) is 0 Å². The van der Waals surface area contributed by atoms with Crippen LogP contribution in [0.1, 0.15) is 10.4 Å². The molecule has 7 nitrogen and oxygen atoms in total. The molecule has 1 aromatic carbocycles. The Labute approximate surface area is 128 Å². The van der Waals surface area contributed by atoms with Crippen LogP contribution < -0.4 is 10.6 Å². The molecule has 0 bridgehead atoms. The molecule has 2 amide bonds. The SMILES string of the molecule is Cn1cc(NC(=O)Nc2ccc(I)cc2C(=O)O)cn1. The fourth-order valence-electron chi connectivity index (χ4n) is 1.57. The predicted octanol–water partition coefficient (Wildman–Crippen LogP) is 2.37. The molecule has 2 aromatic rings. The summed E-state index contributed by atoms with van der Waals surface area (Å²) in [7, 11) is 1.73. The minimum Gasteiger partial charge on any atom is -0.478 e. The Bertz CT molecular complexity index is 668. The van der Waals surface area contributed by atoms with Crippen LogP contribution in [0.5, 0.6) is 0 Å². The van der Waals surface area contributed by atoms with E-state index in [1.807, 2.05) is 22.6 Å². The molecule has 0 aliphatic rings. The standard InChI is InChI=1S/C12H11IN4O3/c1-17-6-8(5-14-17)15-12(20)16-10-3-2-7(13)4-9(10)11(18)19/h2-6H,1H3,(H,18,19)(H2,15,16,20). The summed E-state index contributed by atoms with van der Waals surface area (Å²) in [6, 6.07) is 4.23. The number of aryl methyl sites for hydroxylation is 1. The largest absolute Gasteiger partial charge is 0.478 e. The van der Waals surface area contributed by atoms with Crippen molar-refractivity contribution >= 4 is 46.0 Å². The van der Waals surface area contributed by atoms with Gasteiger partial charge in [-0.15, -0.1) is 0 Å². The maximum Gasteiger partial charge on any atom is 0.337 e. The molecule has 0 saturated heterocycles. The van der Waals surface area contributed by atoms with Gasteiger partial charge in [-0.3, -0.25) is 4.68 Å². The average molecular weight is 386 g/mol. The number of carboxylic acids is 1. The van der Waals surface area contributed by atoms with Crippen LogP contribution in [0.2, 0.25) is 0 Å². The molecule has 1 heterocycles. The van der Waals surface area contributed by atoms with Gasteiger partial charge in [-0.1, -0.05) is 0 Å². The highest BCUT2D eigenvalue weighted by atomic mass is 127. The second-order valence-electron chi connectivity index (χ2n) is 3.98. The van der Waals surface area contributed by atoms with E-state index in [9.17, 15) is 9.59 Å². The number of anilines is 2. The van der Waals surface area contributed by atoms with Gasteiger partial charge < -0.3 is 15.7 Å². The van der Waals surface area contributed by atoms with Crippen LogP contribution >= 0.6 is 22.6 Å². The van der Waals surface area contributed by atoms with Crippen molar-refractivity contribution in [3.63, 3.8) is 0 Å². The van der Waals surface area contributed by atoms with Gasteiger partial charge in [0, 0.05) is 16.8 Å². The van der Waals surface area contributed by atoms with Gasteiger partial charge in [-0.2, -0.15) is 5.10 Å². The van der Waals surface area contributed by atoms with E-state index in [0.29, 0.717) is 5.69 Å². The molecule has 20 heavy (non-hydrogen) atoms. The molecular formula is C12H11IN4O3. The summed E-state index contributed by atoms with van der Waals surface area (Å²) < 4.78 is 2.32. The molecule has 0 radical (unpaired) electrons. The smallest absolute Gasteiger partial charge is 0.337 e. The van der Waals surface area contributed by atoms with Gasteiger partial charge in [0.25, 0.3) is 0 Å². The van der Waals surface area contributed by atoms with E-state index < -0.39 is 12.0 Å². The van der Waals surface area contributed by atoms with Crippen LogP contribution in [0.15, 0.2) is 30.6 Å². The topological polar surface area (TPSA) is 96.2 Å². The van der Waals surface area contributed by atoms with Gasteiger partial charge in [0.2, 0.25) is 0 Å². The minimum atomic E-state index is -1.10. The molecule has 0 fully saturated rings. The van der Waals surface area contributed by atoms with Crippen molar-refractivity contribution in [3.05, 3.63) is 39.7 Å². The molecule has 0 unspecified atom stereocenters. The fraction of sp³-hybridized carbons (Fsp3) is 0.0833. The molecule has 0 atom stereocenters. The number of carboxylic acid groups (broad SMARTS) is 1. The predicted molar refractivity (Wildman–Crippen MR) is 82.0 cm³/mol. The van der Waals surface area contributed by atoms with Crippen molar-refractivity contribution in [1.82, 2.24) is 9.78 Å². The summed E-state index contributed by atoms with van der Waals surface area (Å²) in [6.45, 7) is 0. The van der Waals surface area contributed by atoms with Crippen LogP contribution in [-0.2, 0) is 7.05 Å². The molecule has 8 heteroatoms. The molecule has 2 rings (SSSR count). The third-order valence-corrected chi connectivity index (χ3v) is 3.09. The number of carbonyl (C=O) groups excluding carboxylic acids is 1. The highest BCUT2D eigenvalue weighted by molar-refractivity contribution is 14.1. The zero-order chi connectivity index (χ0) is 14.7. The zero-order valence-corrected chi connectivity index (χ0v) is 12.6. The van der Waals surface area contributed by atoms with Gasteiger partial charge >= 0.3 is 12.0 Å². The lowest BCUT2D eigenvalue weighted by molar-refractivity contribution is 0.0698. The van der Waals surface area contributed by atoms with E-state index in [1.54, 1.807) is 30.1 Å². The number of nitrogens with zero attached hydrogens (tertiary/aromatic N) is 2. The number of rotatable bonds is 3. The Morgan fingerprint density at radius 3 is 2.70 bits per heavy atom. The van der Waals surface area contributed by atoms with Gasteiger partial charge in [-0.05, 0) is 40.8 Å². The molecule has 0 saturated carbocycles. The first kappa shape index (κ1) is 14.3. The van der Waals surface area contributed by atoms with E-state index >= 15 is 0 Å². The second kappa shape index (κ2) is 5.90. The second-order valence-corrected chi connectivity index (χ2v) is 5.22. The number of aromatic nitrogens is 2. The highest BCUT2D eigenvalue weighted by Crippen LogP contribution is 2.19. The summed E-state index contributed by atoms with van der Waals surface area (Å²) in [5, 5.41) is 18.1. The Kier molecular flexibility index (Phi) is 4.23. The number of nitrogens with one attached hydrogen (secondary N) is 2. The van der Waals surface area contributed by atoms with Crippen LogP contribution in [0.3, 0.4) is 0 Å². The van der Waals surface area contributed by atoms with E-state index in [2.05, 4.69) is 15.7 Å². The molecule has 3 N–H and O–H groups in total. The first-order chi connectivity index (χ1) is 9.45. The Hall–Kier alpha value is -2.10. The summed E-state index contributed by atoms with van der Waals surface area (Å²) in [6.07, 6.45) is 3.12. The number of carbonyl (C=O) groups is 2. The maximum atomic E-state index is 11.8. The molecule has 104 valence electrons. The summed E-state index contributed by atoms with van der Waals surface area (Å²) in [4.78, 5) is 22.9. The third-order valence-electron chi connectivity index (χ3n) is 2.42. The Morgan fingerprint density at radius 1 is 1.35 bits per heavy atom. The molecule has 0 spiro atoms. The lowest BCUT2D eigenvalue weighted by Crippen LogP contribution is -2.20. The number of halogens is 1. The molecule has 0 aliphatic carbocycles. The van der Waals surface area contributed by atoms with Gasteiger partial charge in [0.15, 0.2) is 0 Å². The number of aromatic carboxylic acids is 1. The van der Waals surface area contributed by atoms with Crippen molar-refractivity contribution in [1.29, 1.82) is 0 Å². The normalized spacial score (nSPS) is 10.1. The first-order valence-corrected chi connectivity index (χ1v) is 6.63. The summed E-state index contributed by atoms with van der Waals surface area (Å²) >= 11 is 2.01. The lowest BCUT2D eigenvalue weighted by Gasteiger charge is -2.09. The Balaban J connectivity index is 2.13. The molecular weight excluding hydrogens is 375 g/mol. The number of hydrogen-bond donors (Lipinski definition) is 3. The van der Waals surface area contributed by atoms with Crippen LogP contribution in [0.4, 0.5) is 16.2 Å². The average Bonchev–Trinajstić information content (AvgIpc) is 2.76. The van der Waals surface area contributed by atoms with Gasteiger partial charge in [0.05, 0.1) is 23.1 Å². The quantitative estimate of drug-likeness (QED) is 0.706. The summed E-state index contributed by atoms with van der Waals surface area (Å²) in [5.41, 5.74) is 0.796. The van der Waals surface area contributed by atoms with Crippen molar-refractivity contribution in [2.45, 2.75) is 0 Å². The van der Waals surface area contributed by atoms with Crippen LogP contribution in [0.25, 0.3) is 0 Å². The van der Waals surface area contributed by atoms with Crippen molar-refractivity contribution < 1.29 is 14.7 Å². The number of hydrogen-bond acceptors (Lipinski definition) is 3. The van der Waals surface area contributed by atoms with E-state index in [4.69, 9.17) is 5.11 Å². The zero-order valence-electron chi connectivity index (χ0n) is 10.4. The first-order valence-electron chi connectivity index (χ1n) is 5.55. The monoisotopic (exact) mass is 386 g/mol. The van der Waals surface area contributed by atoms with Crippen LogP contribution in [-0.4, -0.2) is 26.9 Å².